The van der Waals surface area contributed by atoms with E-state index in [1.54, 1.807) is 18.2 Å². The summed E-state index contributed by atoms with van der Waals surface area (Å²) in [5.74, 6) is 1.49. The number of hydrogen-bond donors (Lipinski definition) is 2. The molecule has 0 saturated heterocycles. The van der Waals surface area contributed by atoms with E-state index in [2.05, 4.69) is 0 Å². The first-order chi connectivity index (χ1) is 8.08. The summed E-state index contributed by atoms with van der Waals surface area (Å²) in [4.78, 5) is 0. The van der Waals surface area contributed by atoms with Crippen LogP contribution in [0.5, 0.6) is 11.5 Å². The molecule has 0 bridgehead atoms. The number of anilines is 2. The molecule has 0 unspecified atom stereocenters. The zero-order chi connectivity index (χ0) is 12.4. The minimum absolute atomic E-state index is 0.549. The fourth-order valence-corrected chi connectivity index (χ4v) is 1.73. The Hall–Kier alpha value is -2.16. The lowest BCUT2D eigenvalue weighted by Gasteiger charge is -2.13. The van der Waals surface area contributed by atoms with Gasteiger partial charge < -0.3 is 16.2 Å². The van der Waals surface area contributed by atoms with Gasteiger partial charge in [0.1, 0.15) is 11.5 Å². The summed E-state index contributed by atoms with van der Waals surface area (Å²) in [7, 11) is 0. The number of benzene rings is 2. The van der Waals surface area contributed by atoms with Gasteiger partial charge in [-0.25, -0.2) is 0 Å². The molecule has 0 aliphatic carbocycles. The summed E-state index contributed by atoms with van der Waals surface area (Å²) in [6.45, 7) is 4.02. The SMILES string of the molecule is Cc1cccc(C)c1Oc1ccc(N)cc1N. The Balaban J connectivity index is 2.38. The van der Waals surface area contributed by atoms with Crippen LogP contribution in [0.1, 0.15) is 11.1 Å². The predicted molar refractivity (Wildman–Crippen MR) is 71.3 cm³/mol. The van der Waals surface area contributed by atoms with Gasteiger partial charge in [-0.3, -0.25) is 0 Å². The fraction of sp³-hybridized carbons (Fsp3) is 0.143. The lowest BCUT2D eigenvalue weighted by Crippen LogP contribution is -1.96. The van der Waals surface area contributed by atoms with Crippen LogP contribution in [0.2, 0.25) is 0 Å². The molecule has 0 radical (unpaired) electrons. The second-order valence-corrected chi connectivity index (χ2v) is 4.12. The Labute approximate surface area is 101 Å². The van der Waals surface area contributed by atoms with Crippen LogP contribution in [0.25, 0.3) is 0 Å². The van der Waals surface area contributed by atoms with E-state index in [4.69, 9.17) is 16.2 Å². The third-order valence-electron chi connectivity index (χ3n) is 2.65. The molecule has 0 aliphatic rings. The van der Waals surface area contributed by atoms with Crippen LogP contribution in [-0.4, -0.2) is 0 Å². The van der Waals surface area contributed by atoms with Gasteiger partial charge in [0.15, 0.2) is 0 Å². The van der Waals surface area contributed by atoms with E-state index >= 15 is 0 Å². The molecule has 0 aromatic heterocycles. The lowest BCUT2D eigenvalue weighted by atomic mass is 10.1. The van der Waals surface area contributed by atoms with Gasteiger partial charge in [0.25, 0.3) is 0 Å². The van der Waals surface area contributed by atoms with Crippen molar-refractivity contribution in [3.05, 3.63) is 47.5 Å². The minimum Gasteiger partial charge on any atom is -0.455 e. The van der Waals surface area contributed by atoms with E-state index in [1.165, 1.54) is 0 Å². The van der Waals surface area contributed by atoms with Crippen molar-refractivity contribution in [2.75, 3.05) is 11.5 Å². The lowest BCUT2D eigenvalue weighted by molar-refractivity contribution is 0.477. The zero-order valence-corrected chi connectivity index (χ0v) is 10.0. The Morgan fingerprint density at radius 3 is 2.18 bits per heavy atom. The molecule has 0 aliphatic heterocycles. The molecule has 0 atom stereocenters. The highest BCUT2D eigenvalue weighted by Crippen LogP contribution is 2.32. The molecular weight excluding hydrogens is 212 g/mol. The summed E-state index contributed by atoms with van der Waals surface area (Å²) < 4.78 is 5.85. The second kappa shape index (κ2) is 4.37. The van der Waals surface area contributed by atoms with E-state index in [0.717, 1.165) is 16.9 Å². The summed E-state index contributed by atoms with van der Waals surface area (Å²) in [6.07, 6.45) is 0. The van der Waals surface area contributed by atoms with Gasteiger partial charge in [-0.2, -0.15) is 0 Å². The molecule has 3 heteroatoms. The van der Waals surface area contributed by atoms with Crippen LogP contribution in [0.4, 0.5) is 11.4 Å². The molecule has 3 nitrogen and oxygen atoms in total. The molecule has 0 heterocycles. The van der Waals surface area contributed by atoms with E-state index in [-0.39, 0.29) is 0 Å². The third-order valence-corrected chi connectivity index (χ3v) is 2.65. The molecule has 88 valence electrons. The van der Waals surface area contributed by atoms with Gasteiger partial charge in [-0.1, -0.05) is 18.2 Å². The Morgan fingerprint density at radius 2 is 1.59 bits per heavy atom. The van der Waals surface area contributed by atoms with E-state index < -0.39 is 0 Å². The summed E-state index contributed by atoms with van der Waals surface area (Å²) >= 11 is 0. The quantitative estimate of drug-likeness (QED) is 0.775. The average Bonchev–Trinajstić information content (AvgIpc) is 2.26. The van der Waals surface area contributed by atoms with Gasteiger partial charge in [-0.05, 0) is 43.2 Å². The standard InChI is InChI=1S/C14H16N2O/c1-9-4-3-5-10(2)14(9)17-13-7-6-11(15)8-12(13)16/h3-8H,15-16H2,1-2H3. The first-order valence-electron chi connectivity index (χ1n) is 5.47. The van der Waals surface area contributed by atoms with E-state index in [0.29, 0.717) is 17.1 Å². The van der Waals surface area contributed by atoms with Crippen LogP contribution in [0.3, 0.4) is 0 Å². The Morgan fingerprint density at radius 1 is 0.941 bits per heavy atom. The molecule has 0 spiro atoms. The van der Waals surface area contributed by atoms with Crippen molar-refractivity contribution in [2.45, 2.75) is 13.8 Å². The number of nitrogen functional groups attached to an aromatic ring is 2. The fourth-order valence-electron chi connectivity index (χ4n) is 1.73. The number of ether oxygens (including phenoxy) is 1. The van der Waals surface area contributed by atoms with E-state index in [9.17, 15) is 0 Å². The summed E-state index contributed by atoms with van der Waals surface area (Å²) in [6, 6.07) is 11.3. The van der Waals surface area contributed by atoms with Crippen LogP contribution in [0.15, 0.2) is 36.4 Å². The monoisotopic (exact) mass is 228 g/mol. The maximum Gasteiger partial charge on any atom is 0.150 e. The van der Waals surface area contributed by atoms with Crippen LogP contribution >= 0.6 is 0 Å². The van der Waals surface area contributed by atoms with Crippen molar-refractivity contribution in [1.82, 2.24) is 0 Å². The van der Waals surface area contributed by atoms with Gasteiger partial charge in [-0.15, -0.1) is 0 Å². The number of para-hydroxylation sites is 1. The van der Waals surface area contributed by atoms with E-state index in [1.807, 2.05) is 32.0 Å². The highest BCUT2D eigenvalue weighted by Gasteiger charge is 2.07. The first-order valence-corrected chi connectivity index (χ1v) is 5.47. The van der Waals surface area contributed by atoms with Crippen molar-refractivity contribution < 1.29 is 4.74 Å². The largest absolute Gasteiger partial charge is 0.455 e. The maximum atomic E-state index is 5.86. The van der Waals surface area contributed by atoms with Crippen LogP contribution in [0, 0.1) is 13.8 Å². The number of aryl methyl sites for hydroxylation is 2. The number of nitrogens with two attached hydrogens (primary N) is 2. The highest BCUT2D eigenvalue weighted by atomic mass is 16.5. The molecule has 2 aromatic carbocycles. The molecule has 2 rings (SSSR count). The molecule has 0 amide bonds. The first kappa shape index (κ1) is 11.3. The van der Waals surface area contributed by atoms with Crippen LogP contribution < -0.4 is 16.2 Å². The topological polar surface area (TPSA) is 61.3 Å². The molecular formula is C14H16N2O. The second-order valence-electron chi connectivity index (χ2n) is 4.12. The number of rotatable bonds is 2. The minimum atomic E-state index is 0.549. The van der Waals surface area contributed by atoms with Crippen molar-refractivity contribution in [3.63, 3.8) is 0 Å². The van der Waals surface area contributed by atoms with Crippen LogP contribution in [-0.2, 0) is 0 Å². The molecule has 0 saturated carbocycles. The summed E-state index contributed by atoms with van der Waals surface area (Å²) in [5.41, 5.74) is 14.9. The van der Waals surface area contributed by atoms with Gasteiger partial charge >= 0.3 is 0 Å². The zero-order valence-electron chi connectivity index (χ0n) is 10.0. The third kappa shape index (κ3) is 2.33. The Bertz CT molecular complexity index is 530. The van der Waals surface area contributed by atoms with Crippen molar-refractivity contribution in [1.29, 1.82) is 0 Å². The molecule has 17 heavy (non-hydrogen) atoms. The van der Waals surface area contributed by atoms with Gasteiger partial charge in [0.2, 0.25) is 0 Å². The highest BCUT2D eigenvalue weighted by molar-refractivity contribution is 5.62. The Kier molecular flexibility index (Phi) is 2.91. The normalized spacial score (nSPS) is 10.2. The molecule has 4 N–H and O–H groups in total. The molecule has 0 fully saturated rings. The predicted octanol–water partition coefficient (Wildman–Crippen LogP) is 3.26. The molecule has 2 aromatic rings. The van der Waals surface area contributed by atoms with Gasteiger partial charge in [0, 0.05) is 5.69 Å². The average molecular weight is 228 g/mol. The smallest absolute Gasteiger partial charge is 0.150 e. The van der Waals surface area contributed by atoms with Crippen molar-refractivity contribution in [3.8, 4) is 11.5 Å². The number of hydrogen-bond acceptors (Lipinski definition) is 3. The van der Waals surface area contributed by atoms with Gasteiger partial charge in [0.05, 0.1) is 5.69 Å². The van der Waals surface area contributed by atoms with Crippen molar-refractivity contribution >= 4 is 11.4 Å². The maximum absolute atomic E-state index is 5.86. The summed E-state index contributed by atoms with van der Waals surface area (Å²) in [5, 5.41) is 0. The van der Waals surface area contributed by atoms with Crippen molar-refractivity contribution in [2.24, 2.45) is 0 Å².